The van der Waals surface area contributed by atoms with E-state index in [0.717, 1.165) is 21.6 Å². The molecule has 0 saturated carbocycles. The molecule has 0 aromatic heterocycles. The van der Waals surface area contributed by atoms with Gasteiger partial charge in [0.15, 0.2) is 5.78 Å². The summed E-state index contributed by atoms with van der Waals surface area (Å²) in [4.78, 5) is 13.2. The van der Waals surface area contributed by atoms with Crippen LogP contribution in [0.2, 0.25) is 0 Å². The zero-order chi connectivity index (χ0) is 15.1. The summed E-state index contributed by atoms with van der Waals surface area (Å²) in [6.07, 6.45) is 0. The van der Waals surface area contributed by atoms with Crippen LogP contribution >= 0.6 is 12.6 Å². The highest BCUT2D eigenvalue weighted by Gasteiger charge is 2.11. The van der Waals surface area contributed by atoms with Crippen molar-refractivity contribution < 1.29 is 9.90 Å². The van der Waals surface area contributed by atoms with Gasteiger partial charge in [-0.25, -0.2) is 0 Å². The van der Waals surface area contributed by atoms with E-state index in [9.17, 15) is 4.79 Å². The molecule has 106 valence electrons. The van der Waals surface area contributed by atoms with Crippen molar-refractivity contribution in [2.24, 2.45) is 0 Å². The second-order valence-electron chi connectivity index (χ2n) is 4.51. The van der Waals surface area contributed by atoms with Crippen molar-refractivity contribution >= 4 is 18.4 Å². The summed E-state index contributed by atoms with van der Waals surface area (Å²) in [5.41, 5.74) is 3.59. The minimum Gasteiger partial charge on any atom is -0.397 e. The highest BCUT2D eigenvalue weighted by molar-refractivity contribution is 7.80. The molecule has 0 saturated heterocycles. The Balaban J connectivity index is 0.000000612. The number of aliphatic hydroxyl groups excluding tert-OH is 1. The number of carbonyl (C=O) groups is 1. The minimum absolute atomic E-state index is 0.0690. The van der Waals surface area contributed by atoms with Gasteiger partial charge in [-0.2, -0.15) is 0 Å². The second-order valence-corrected chi connectivity index (χ2v) is 5.03. The van der Waals surface area contributed by atoms with Crippen LogP contribution in [0.3, 0.4) is 0 Å². The lowest BCUT2D eigenvalue weighted by molar-refractivity contribution is 0.103. The fourth-order valence-corrected chi connectivity index (χ4v) is 1.90. The predicted octanol–water partition coefficient (Wildman–Crippen LogP) is 3.82. The molecule has 0 aliphatic rings. The van der Waals surface area contributed by atoms with Crippen molar-refractivity contribution in [2.75, 3.05) is 6.61 Å². The number of carbonyl (C=O) groups excluding carboxylic acids is 1. The van der Waals surface area contributed by atoms with E-state index in [4.69, 9.17) is 5.11 Å². The molecule has 3 heteroatoms. The zero-order valence-electron chi connectivity index (χ0n) is 12.1. The summed E-state index contributed by atoms with van der Waals surface area (Å²) in [5.74, 6) is 0.0690. The first-order valence-corrected chi connectivity index (χ1v) is 6.96. The molecule has 0 bridgehead atoms. The van der Waals surface area contributed by atoms with Crippen molar-refractivity contribution in [1.82, 2.24) is 0 Å². The normalized spacial score (nSPS) is 9.65. The maximum atomic E-state index is 12.3. The largest absolute Gasteiger partial charge is 0.397 e. The SMILES string of the molecule is CCO.Cc1ccc(C)c(C(=O)c2ccc(S)cc2)c1. The van der Waals surface area contributed by atoms with E-state index in [-0.39, 0.29) is 12.4 Å². The Kier molecular flexibility index (Phi) is 6.49. The first-order valence-electron chi connectivity index (χ1n) is 6.51. The van der Waals surface area contributed by atoms with Crippen LogP contribution in [0.1, 0.15) is 34.0 Å². The van der Waals surface area contributed by atoms with Gasteiger partial charge in [-0.1, -0.05) is 17.7 Å². The van der Waals surface area contributed by atoms with Crippen LogP contribution in [0.4, 0.5) is 0 Å². The number of benzene rings is 2. The van der Waals surface area contributed by atoms with E-state index in [1.807, 2.05) is 56.3 Å². The molecule has 20 heavy (non-hydrogen) atoms. The van der Waals surface area contributed by atoms with Gasteiger partial charge in [-0.3, -0.25) is 4.79 Å². The van der Waals surface area contributed by atoms with Crippen molar-refractivity contribution in [1.29, 1.82) is 0 Å². The Morgan fingerprint density at radius 1 is 1.10 bits per heavy atom. The second kappa shape index (κ2) is 7.88. The third kappa shape index (κ3) is 4.51. The lowest BCUT2D eigenvalue weighted by Crippen LogP contribution is -2.03. The van der Waals surface area contributed by atoms with Crippen molar-refractivity contribution in [3.05, 3.63) is 64.7 Å². The molecule has 0 fully saturated rings. The number of hydrogen-bond acceptors (Lipinski definition) is 3. The van der Waals surface area contributed by atoms with Gasteiger partial charge in [-0.15, -0.1) is 12.6 Å². The van der Waals surface area contributed by atoms with Crippen LogP contribution in [-0.2, 0) is 0 Å². The van der Waals surface area contributed by atoms with E-state index in [1.54, 1.807) is 6.92 Å². The van der Waals surface area contributed by atoms with Gasteiger partial charge in [0.05, 0.1) is 0 Å². The molecule has 0 radical (unpaired) electrons. The van der Waals surface area contributed by atoms with Crippen molar-refractivity contribution in [3.8, 4) is 0 Å². The number of rotatable bonds is 2. The zero-order valence-corrected chi connectivity index (χ0v) is 12.9. The Morgan fingerprint density at radius 3 is 2.20 bits per heavy atom. The van der Waals surface area contributed by atoms with E-state index in [1.165, 1.54) is 0 Å². The number of ketones is 1. The lowest BCUT2D eigenvalue weighted by atomic mass is 9.97. The summed E-state index contributed by atoms with van der Waals surface area (Å²) in [6.45, 7) is 5.88. The molecular weight excluding hydrogens is 268 g/mol. The summed E-state index contributed by atoms with van der Waals surface area (Å²) in [6, 6.07) is 13.2. The van der Waals surface area contributed by atoms with E-state index in [0.29, 0.717) is 5.56 Å². The van der Waals surface area contributed by atoms with Crippen LogP contribution in [0.25, 0.3) is 0 Å². The van der Waals surface area contributed by atoms with Gasteiger partial charge in [0, 0.05) is 22.6 Å². The maximum Gasteiger partial charge on any atom is 0.193 e. The molecule has 0 spiro atoms. The van der Waals surface area contributed by atoms with Gasteiger partial charge in [0.1, 0.15) is 0 Å². The van der Waals surface area contributed by atoms with Crippen molar-refractivity contribution in [3.63, 3.8) is 0 Å². The predicted molar refractivity (Wildman–Crippen MR) is 85.8 cm³/mol. The molecule has 2 nitrogen and oxygen atoms in total. The first-order chi connectivity index (χ1) is 9.49. The van der Waals surface area contributed by atoms with Gasteiger partial charge in [0.25, 0.3) is 0 Å². The average molecular weight is 288 g/mol. The van der Waals surface area contributed by atoms with Gasteiger partial charge >= 0.3 is 0 Å². The molecule has 0 amide bonds. The third-order valence-corrected chi connectivity index (χ3v) is 3.07. The molecule has 2 aromatic rings. The molecule has 0 atom stereocenters. The molecule has 2 aromatic carbocycles. The summed E-state index contributed by atoms with van der Waals surface area (Å²) in [5, 5.41) is 7.57. The first kappa shape index (κ1) is 16.5. The van der Waals surface area contributed by atoms with Crippen LogP contribution in [0.5, 0.6) is 0 Å². The fourth-order valence-electron chi connectivity index (χ4n) is 1.75. The van der Waals surface area contributed by atoms with Crippen LogP contribution in [0, 0.1) is 13.8 Å². The molecule has 1 N–H and O–H groups in total. The Bertz CT molecular complexity index is 574. The van der Waals surface area contributed by atoms with Gasteiger partial charge in [-0.05, 0) is 56.7 Å². The van der Waals surface area contributed by atoms with Crippen LogP contribution in [-0.4, -0.2) is 17.5 Å². The average Bonchev–Trinajstić information content (AvgIpc) is 2.42. The van der Waals surface area contributed by atoms with E-state index in [2.05, 4.69) is 12.6 Å². The number of hydrogen-bond donors (Lipinski definition) is 2. The molecule has 2 rings (SSSR count). The summed E-state index contributed by atoms with van der Waals surface area (Å²) in [7, 11) is 0. The number of thiol groups is 1. The van der Waals surface area contributed by atoms with E-state index < -0.39 is 0 Å². The Morgan fingerprint density at radius 2 is 1.65 bits per heavy atom. The maximum absolute atomic E-state index is 12.3. The minimum atomic E-state index is 0.0690. The molecule has 0 heterocycles. The molecule has 0 unspecified atom stereocenters. The summed E-state index contributed by atoms with van der Waals surface area (Å²) < 4.78 is 0. The monoisotopic (exact) mass is 288 g/mol. The fraction of sp³-hybridized carbons (Fsp3) is 0.235. The van der Waals surface area contributed by atoms with Crippen LogP contribution in [0.15, 0.2) is 47.4 Å². The Hall–Kier alpha value is -1.58. The number of aryl methyl sites for hydroxylation is 2. The number of aliphatic hydroxyl groups is 1. The standard InChI is InChI=1S/C15H14OS.C2H6O/c1-10-3-4-11(2)14(9-10)15(16)12-5-7-13(17)8-6-12;1-2-3/h3-9,17H,1-2H3;3H,2H2,1H3. The topological polar surface area (TPSA) is 37.3 Å². The van der Waals surface area contributed by atoms with E-state index >= 15 is 0 Å². The summed E-state index contributed by atoms with van der Waals surface area (Å²) >= 11 is 4.21. The van der Waals surface area contributed by atoms with Gasteiger partial charge < -0.3 is 5.11 Å². The Labute approximate surface area is 125 Å². The lowest BCUT2D eigenvalue weighted by Gasteiger charge is -2.06. The molecule has 0 aliphatic heterocycles. The molecule has 0 aliphatic carbocycles. The van der Waals surface area contributed by atoms with Crippen LogP contribution < -0.4 is 0 Å². The molecular formula is C17H20O2S. The highest BCUT2D eigenvalue weighted by atomic mass is 32.1. The van der Waals surface area contributed by atoms with Crippen molar-refractivity contribution in [2.45, 2.75) is 25.7 Å². The smallest absolute Gasteiger partial charge is 0.193 e. The van der Waals surface area contributed by atoms with Gasteiger partial charge in [0.2, 0.25) is 0 Å². The quantitative estimate of drug-likeness (QED) is 0.651. The highest BCUT2D eigenvalue weighted by Crippen LogP contribution is 2.17. The third-order valence-electron chi connectivity index (χ3n) is 2.77.